The van der Waals surface area contributed by atoms with Gasteiger partial charge in [0.15, 0.2) is 5.78 Å². The van der Waals surface area contributed by atoms with E-state index in [2.05, 4.69) is 9.97 Å². The summed E-state index contributed by atoms with van der Waals surface area (Å²) in [5.41, 5.74) is -0.468. The summed E-state index contributed by atoms with van der Waals surface area (Å²) in [6, 6.07) is 11.7. The van der Waals surface area contributed by atoms with Crippen LogP contribution in [-0.4, -0.2) is 28.1 Å². The third kappa shape index (κ3) is 3.34. The minimum absolute atomic E-state index is 0.0491. The van der Waals surface area contributed by atoms with Gasteiger partial charge in [-0.15, -0.1) is 0 Å². The number of rotatable bonds is 4. The number of Topliss-reactive ketones (excluding diaryl/α,β-unsaturated/α-hetero) is 1. The van der Waals surface area contributed by atoms with Crippen molar-refractivity contribution < 1.29 is 31.1 Å². The number of benzene rings is 2. The van der Waals surface area contributed by atoms with Gasteiger partial charge in [0.1, 0.15) is 11.8 Å². The Morgan fingerprint density at radius 3 is 1.40 bits per heavy atom. The zero-order valence-electron chi connectivity index (χ0n) is 15.1. The van der Waals surface area contributed by atoms with Crippen LogP contribution in [0.15, 0.2) is 60.9 Å². The molecule has 156 valence electrons. The smallest absolute Gasteiger partial charge is 0.361 e. The zero-order chi connectivity index (χ0) is 21.7. The number of nitrogens with one attached hydrogen (secondary N) is 2. The molecule has 0 radical (unpaired) electrons. The Morgan fingerprint density at radius 2 is 1.03 bits per heavy atom. The minimum Gasteiger partial charge on any atom is -0.361 e. The molecule has 0 amide bonds. The van der Waals surface area contributed by atoms with Crippen LogP contribution in [0.1, 0.15) is 23.0 Å². The van der Waals surface area contributed by atoms with Crippen molar-refractivity contribution in [1.82, 2.24) is 9.97 Å². The molecule has 2 aromatic carbocycles. The number of hydrogen-bond donors (Lipinski definition) is 2. The van der Waals surface area contributed by atoms with Crippen LogP contribution < -0.4 is 0 Å². The maximum Gasteiger partial charge on any atom is 0.402 e. The highest BCUT2D eigenvalue weighted by molar-refractivity contribution is 6.00. The van der Waals surface area contributed by atoms with E-state index >= 15 is 0 Å². The van der Waals surface area contributed by atoms with Gasteiger partial charge < -0.3 is 9.97 Å². The first-order valence-corrected chi connectivity index (χ1v) is 8.88. The quantitative estimate of drug-likeness (QED) is 0.376. The average Bonchev–Trinajstić information content (AvgIpc) is 3.25. The van der Waals surface area contributed by atoms with E-state index < -0.39 is 41.1 Å². The largest absolute Gasteiger partial charge is 0.402 e. The molecule has 0 fully saturated rings. The molecule has 0 aliphatic carbocycles. The molecule has 4 aromatic rings. The molecule has 0 spiro atoms. The van der Waals surface area contributed by atoms with Gasteiger partial charge in [-0.1, -0.05) is 36.4 Å². The molecule has 30 heavy (non-hydrogen) atoms. The molecule has 0 bridgehead atoms. The molecule has 2 atom stereocenters. The van der Waals surface area contributed by atoms with Crippen molar-refractivity contribution in [3.63, 3.8) is 0 Å². The maximum atomic E-state index is 14.0. The van der Waals surface area contributed by atoms with Crippen molar-refractivity contribution in [3.05, 3.63) is 72.1 Å². The van der Waals surface area contributed by atoms with Crippen LogP contribution in [0.4, 0.5) is 26.3 Å². The number of carbonyl (C=O) groups is 1. The molecule has 0 aliphatic rings. The number of halogens is 6. The Kier molecular flexibility index (Phi) is 4.63. The van der Waals surface area contributed by atoms with Crippen LogP contribution in [0.25, 0.3) is 21.8 Å². The maximum absolute atomic E-state index is 14.0. The van der Waals surface area contributed by atoms with Crippen molar-refractivity contribution in [2.75, 3.05) is 0 Å². The van der Waals surface area contributed by atoms with Crippen molar-refractivity contribution >= 4 is 27.6 Å². The molecule has 2 aromatic heterocycles. The zero-order valence-corrected chi connectivity index (χ0v) is 15.1. The Morgan fingerprint density at radius 1 is 0.667 bits per heavy atom. The van der Waals surface area contributed by atoms with E-state index in [0.29, 0.717) is 11.0 Å². The second-order valence-corrected chi connectivity index (χ2v) is 6.93. The molecule has 3 nitrogen and oxygen atoms in total. The fourth-order valence-electron chi connectivity index (χ4n) is 3.81. The summed E-state index contributed by atoms with van der Waals surface area (Å²) in [7, 11) is 0. The van der Waals surface area contributed by atoms with Crippen LogP contribution in [0.2, 0.25) is 0 Å². The predicted octanol–water partition coefficient (Wildman–Crippen LogP) is 6.21. The number of hydrogen-bond acceptors (Lipinski definition) is 1. The molecule has 2 heterocycles. The lowest BCUT2D eigenvalue weighted by Gasteiger charge is -2.26. The summed E-state index contributed by atoms with van der Waals surface area (Å²) >= 11 is 0. The highest BCUT2D eigenvalue weighted by atomic mass is 19.4. The molecular formula is C21H14F6N2O. The lowest BCUT2D eigenvalue weighted by atomic mass is 9.82. The van der Waals surface area contributed by atoms with Gasteiger partial charge in [-0.05, 0) is 23.3 Å². The average molecular weight is 424 g/mol. The first-order valence-electron chi connectivity index (χ1n) is 8.88. The number of alkyl halides is 6. The normalized spacial score (nSPS) is 14.9. The van der Waals surface area contributed by atoms with Gasteiger partial charge in [-0.2, -0.15) is 26.3 Å². The van der Waals surface area contributed by atoms with Crippen LogP contribution in [0.3, 0.4) is 0 Å². The minimum atomic E-state index is -5.21. The summed E-state index contributed by atoms with van der Waals surface area (Å²) in [4.78, 5) is 18.1. The number of carbonyl (C=O) groups excluding carboxylic acids is 1. The van der Waals surface area contributed by atoms with E-state index in [1.54, 1.807) is 12.1 Å². The van der Waals surface area contributed by atoms with Gasteiger partial charge in [-0.25, -0.2) is 0 Å². The topological polar surface area (TPSA) is 48.6 Å². The van der Waals surface area contributed by atoms with Gasteiger partial charge in [0, 0.05) is 34.2 Å². The van der Waals surface area contributed by atoms with E-state index in [1.165, 1.54) is 36.4 Å². The van der Waals surface area contributed by atoms with E-state index in [4.69, 9.17) is 0 Å². The van der Waals surface area contributed by atoms with Gasteiger partial charge in [0.2, 0.25) is 0 Å². The Balaban J connectivity index is 1.90. The van der Waals surface area contributed by atoms with Crippen LogP contribution in [0, 0.1) is 0 Å². The molecule has 0 saturated carbocycles. The third-order valence-electron chi connectivity index (χ3n) is 5.09. The summed E-state index contributed by atoms with van der Waals surface area (Å²) in [5, 5.41) is 0.0982. The van der Waals surface area contributed by atoms with Crippen LogP contribution in [-0.2, 0) is 4.79 Å². The number of aromatic nitrogens is 2. The van der Waals surface area contributed by atoms with Crippen molar-refractivity contribution in [3.8, 4) is 0 Å². The first kappa shape index (κ1) is 20.1. The highest BCUT2D eigenvalue weighted by Crippen LogP contribution is 2.47. The van der Waals surface area contributed by atoms with Gasteiger partial charge >= 0.3 is 12.4 Å². The summed E-state index contributed by atoms with van der Waals surface area (Å²) in [5.74, 6) is -7.84. The summed E-state index contributed by atoms with van der Waals surface area (Å²) in [6.07, 6.45) is -8.53. The number of H-pyrrole nitrogens is 2. The Hall–Kier alpha value is -3.23. The standard InChI is InChI=1S/C21H14F6N2O/c22-20(23,24)17(13-9-28-15-7-3-1-5-11(13)15)19(30)18(21(25,26)27)14-10-29-16-8-4-2-6-12(14)16/h1-10,17-18,28-29H. The van der Waals surface area contributed by atoms with Crippen molar-refractivity contribution in [1.29, 1.82) is 0 Å². The number of aromatic amines is 2. The number of ketones is 1. The predicted molar refractivity (Wildman–Crippen MR) is 99.2 cm³/mol. The third-order valence-corrected chi connectivity index (χ3v) is 5.09. The van der Waals surface area contributed by atoms with E-state index in [-0.39, 0.29) is 10.8 Å². The Labute approximate surface area is 165 Å². The SMILES string of the molecule is O=C(C(c1c[nH]c2ccccc12)C(F)(F)F)C(c1c[nH]c2ccccc12)C(F)(F)F. The summed E-state index contributed by atoms with van der Waals surface area (Å²) < 4.78 is 83.7. The van der Waals surface area contributed by atoms with E-state index in [0.717, 1.165) is 12.4 Å². The van der Waals surface area contributed by atoms with Crippen LogP contribution in [0.5, 0.6) is 0 Å². The monoisotopic (exact) mass is 424 g/mol. The molecule has 9 heteroatoms. The van der Waals surface area contributed by atoms with Gasteiger partial charge in [0.05, 0.1) is 0 Å². The fraction of sp³-hybridized carbons (Fsp3) is 0.190. The Bertz CT molecular complexity index is 1120. The van der Waals surface area contributed by atoms with Gasteiger partial charge in [-0.3, -0.25) is 4.79 Å². The van der Waals surface area contributed by atoms with Crippen molar-refractivity contribution in [2.24, 2.45) is 0 Å². The lowest BCUT2D eigenvalue weighted by Crippen LogP contribution is -2.38. The van der Waals surface area contributed by atoms with Crippen molar-refractivity contribution in [2.45, 2.75) is 24.2 Å². The fourth-order valence-corrected chi connectivity index (χ4v) is 3.81. The second kappa shape index (κ2) is 6.93. The molecular weight excluding hydrogens is 410 g/mol. The summed E-state index contributed by atoms with van der Waals surface area (Å²) in [6.45, 7) is 0. The highest BCUT2D eigenvalue weighted by Gasteiger charge is 2.56. The molecule has 2 unspecified atom stereocenters. The lowest BCUT2D eigenvalue weighted by molar-refractivity contribution is -0.183. The molecule has 0 aliphatic heterocycles. The molecule has 0 saturated heterocycles. The van der Waals surface area contributed by atoms with Gasteiger partial charge in [0.25, 0.3) is 0 Å². The first-order chi connectivity index (χ1) is 14.1. The molecule has 4 rings (SSSR count). The van der Waals surface area contributed by atoms with E-state index in [9.17, 15) is 31.1 Å². The molecule has 2 N–H and O–H groups in total. The number of fused-ring (bicyclic) bond motifs is 2. The van der Waals surface area contributed by atoms with E-state index in [1.807, 2.05) is 0 Å². The number of para-hydroxylation sites is 2. The second-order valence-electron chi connectivity index (χ2n) is 6.93. The van der Waals surface area contributed by atoms with Crippen LogP contribution >= 0.6 is 0 Å².